The molecule has 0 saturated carbocycles. The van der Waals surface area contributed by atoms with Crippen LogP contribution < -0.4 is 0 Å². The van der Waals surface area contributed by atoms with Crippen molar-refractivity contribution in [3.63, 3.8) is 0 Å². The molecule has 0 aromatic carbocycles. The Morgan fingerprint density at radius 1 is 1.38 bits per heavy atom. The zero-order valence-corrected chi connectivity index (χ0v) is 7.65. The molecule has 5 heteroatoms. The molecule has 0 radical (unpaired) electrons. The molecule has 0 bridgehead atoms. The third-order valence-electron chi connectivity index (χ3n) is 1.40. The highest BCUT2D eigenvalue weighted by atomic mass is 19.4. The summed E-state index contributed by atoms with van der Waals surface area (Å²) in [6.45, 7) is 1.97. The van der Waals surface area contributed by atoms with Gasteiger partial charge in [0.1, 0.15) is 12.4 Å². The first kappa shape index (κ1) is 12.4. The number of hydrogen-bond donors (Lipinski definition) is 0. The smallest absolute Gasteiger partial charge is 0.372 e. The van der Waals surface area contributed by atoms with Crippen LogP contribution in [0, 0.1) is 5.92 Å². The molecule has 0 N–H and O–H groups in total. The minimum Gasteiger partial charge on any atom is -0.372 e. The van der Waals surface area contributed by atoms with Crippen LogP contribution in [-0.4, -0.2) is 25.2 Å². The molecule has 13 heavy (non-hydrogen) atoms. The predicted molar refractivity (Wildman–Crippen MR) is 41.3 cm³/mol. The Kier molecular flexibility index (Phi) is 4.98. The number of halogens is 3. The summed E-state index contributed by atoms with van der Waals surface area (Å²) in [6.07, 6.45) is -4.26. The van der Waals surface area contributed by atoms with Gasteiger partial charge in [-0.15, -0.1) is 0 Å². The maximum atomic E-state index is 11.5. The number of rotatable bonds is 5. The predicted octanol–water partition coefficient (Wildman–Crippen LogP) is 2.18. The Hall–Kier alpha value is -0.580. The molecule has 0 unspecified atom stereocenters. The topological polar surface area (TPSA) is 26.3 Å². The summed E-state index contributed by atoms with van der Waals surface area (Å²) in [6, 6.07) is 0. The van der Waals surface area contributed by atoms with Gasteiger partial charge < -0.3 is 4.74 Å². The van der Waals surface area contributed by atoms with Gasteiger partial charge in [0.15, 0.2) is 0 Å². The molecule has 0 aromatic rings. The molecule has 0 aliphatic rings. The average molecular weight is 198 g/mol. The molecule has 78 valence electrons. The molecule has 0 heterocycles. The zero-order chi connectivity index (χ0) is 10.5. The molecule has 0 saturated heterocycles. The third kappa shape index (κ3) is 7.77. The van der Waals surface area contributed by atoms with E-state index < -0.39 is 12.8 Å². The maximum absolute atomic E-state index is 11.5. The lowest BCUT2D eigenvalue weighted by molar-refractivity contribution is -0.174. The van der Waals surface area contributed by atoms with Crippen molar-refractivity contribution < 1.29 is 22.7 Å². The normalized spacial score (nSPS) is 12.2. The van der Waals surface area contributed by atoms with Gasteiger partial charge in [-0.1, -0.05) is 13.8 Å². The fraction of sp³-hybridized carbons (Fsp3) is 0.875. The third-order valence-corrected chi connectivity index (χ3v) is 1.40. The molecule has 0 spiro atoms. The van der Waals surface area contributed by atoms with Gasteiger partial charge in [-0.2, -0.15) is 13.2 Å². The molecule has 0 rings (SSSR count). The van der Waals surface area contributed by atoms with Crippen molar-refractivity contribution in [3.8, 4) is 0 Å². The van der Waals surface area contributed by atoms with E-state index in [4.69, 9.17) is 0 Å². The molecule has 0 atom stereocenters. The van der Waals surface area contributed by atoms with E-state index in [9.17, 15) is 18.0 Å². The molecule has 0 aliphatic heterocycles. The number of hydrogen-bond acceptors (Lipinski definition) is 2. The van der Waals surface area contributed by atoms with E-state index >= 15 is 0 Å². The Morgan fingerprint density at radius 2 is 1.92 bits per heavy atom. The largest absolute Gasteiger partial charge is 0.411 e. The van der Waals surface area contributed by atoms with Gasteiger partial charge in [0.2, 0.25) is 0 Å². The molecule has 0 amide bonds. The second-order valence-electron chi connectivity index (χ2n) is 3.04. The van der Waals surface area contributed by atoms with Gasteiger partial charge in [-0.25, -0.2) is 0 Å². The van der Waals surface area contributed by atoms with Crippen LogP contribution in [0.25, 0.3) is 0 Å². The number of ketones is 1. The molecule has 2 nitrogen and oxygen atoms in total. The standard InChI is InChI=1S/C8H13F3O2/c1-6(2)7(12)3-4-13-5-8(9,10)11/h6H,3-5H2,1-2H3. The van der Waals surface area contributed by atoms with Crippen molar-refractivity contribution in [1.29, 1.82) is 0 Å². The Bertz CT molecular complexity index is 163. The van der Waals surface area contributed by atoms with Gasteiger partial charge in [-0.3, -0.25) is 4.79 Å². The first-order valence-corrected chi connectivity index (χ1v) is 4.00. The van der Waals surface area contributed by atoms with E-state index in [1.807, 2.05) is 0 Å². The number of ether oxygens (including phenoxy) is 1. The van der Waals surface area contributed by atoms with Crippen molar-refractivity contribution in [1.82, 2.24) is 0 Å². The number of carbonyl (C=O) groups is 1. The Balaban J connectivity index is 3.42. The first-order valence-electron chi connectivity index (χ1n) is 4.00. The zero-order valence-electron chi connectivity index (χ0n) is 7.65. The summed E-state index contributed by atoms with van der Waals surface area (Å²) in [5, 5.41) is 0. The van der Waals surface area contributed by atoms with Crippen molar-refractivity contribution in [3.05, 3.63) is 0 Å². The fourth-order valence-electron chi connectivity index (χ4n) is 0.649. The van der Waals surface area contributed by atoms with Crippen LogP contribution in [0.15, 0.2) is 0 Å². The minimum absolute atomic E-state index is 0.0494. The lowest BCUT2D eigenvalue weighted by Gasteiger charge is -2.07. The van der Waals surface area contributed by atoms with Gasteiger partial charge in [0.05, 0.1) is 6.61 Å². The van der Waals surface area contributed by atoms with E-state index in [2.05, 4.69) is 4.74 Å². The van der Waals surface area contributed by atoms with Crippen molar-refractivity contribution in [2.24, 2.45) is 5.92 Å². The highest BCUT2D eigenvalue weighted by Gasteiger charge is 2.27. The monoisotopic (exact) mass is 198 g/mol. The summed E-state index contributed by atoms with van der Waals surface area (Å²) in [5.74, 6) is -0.225. The van der Waals surface area contributed by atoms with Crippen LogP contribution >= 0.6 is 0 Å². The number of carbonyl (C=O) groups excluding carboxylic acids is 1. The van der Waals surface area contributed by atoms with Gasteiger partial charge in [0.25, 0.3) is 0 Å². The number of alkyl halides is 3. The summed E-state index contributed by atoms with van der Waals surface area (Å²) in [5.41, 5.74) is 0. The van der Waals surface area contributed by atoms with Crippen LogP contribution in [0.5, 0.6) is 0 Å². The van der Waals surface area contributed by atoms with E-state index in [0.29, 0.717) is 0 Å². The van der Waals surface area contributed by atoms with Gasteiger partial charge >= 0.3 is 6.18 Å². The molecular formula is C8H13F3O2. The van der Waals surface area contributed by atoms with Gasteiger partial charge in [0, 0.05) is 12.3 Å². The van der Waals surface area contributed by atoms with E-state index in [1.165, 1.54) is 0 Å². The fourth-order valence-corrected chi connectivity index (χ4v) is 0.649. The van der Waals surface area contributed by atoms with E-state index in [-0.39, 0.29) is 24.7 Å². The SMILES string of the molecule is CC(C)C(=O)CCOCC(F)(F)F. The average Bonchev–Trinajstić information content (AvgIpc) is 1.95. The Morgan fingerprint density at radius 3 is 2.31 bits per heavy atom. The maximum Gasteiger partial charge on any atom is 0.411 e. The summed E-state index contributed by atoms with van der Waals surface area (Å²) >= 11 is 0. The van der Waals surface area contributed by atoms with Crippen LogP contribution in [0.1, 0.15) is 20.3 Å². The van der Waals surface area contributed by atoms with Crippen LogP contribution in [0.3, 0.4) is 0 Å². The first-order chi connectivity index (χ1) is 5.83. The van der Waals surface area contributed by atoms with Crippen LogP contribution in [0.4, 0.5) is 13.2 Å². The van der Waals surface area contributed by atoms with E-state index in [0.717, 1.165) is 0 Å². The van der Waals surface area contributed by atoms with Crippen molar-refractivity contribution in [2.75, 3.05) is 13.2 Å². The minimum atomic E-state index is -4.30. The second kappa shape index (κ2) is 5.21. The summed E-state index contributed by atoms with van der Waals surface area (Å²) < 4.78 is 38.9. The number of Topliss-reactive ketones (excluding diaryl/α,β-unsaturated/α-hetero) is 1. The summed E-state index contributed by atoms with van der Waals surface area (Å²) in [7, 11) is 0. The highest BCUT2D eigenvalue weighted by molar-refractivity contribution is 5.80. The molecule has 0 aromatic heterocycles. The van der Waals surface area contributed by atoms with Crippen molar-refractivity contribution >= 4 is 5.78 Å². The van der Waals surface area contributed by atoms with Crippen LogP contribution in [0.2, 0.25) is 0 Å². The van der Waals surface area contributed by atoms with Gasteiger partial charge in [-0.05, 0) is 0 Å². The lowest BCUT2D eigenvalue weighted by atomic mass is 10.1. The summed E-state index contributed by atoms with van der Waals surface area (Å²) in [4.78, 5) is 10.9. The lowest BCUT2D eigenvalue weighted by Crippen LogP contribution is -2.19. The highest BCUT2D eigenvalue weighted by Crippen LogP contribution is 2.14. The van der Waals surface area contributed by atoms with Crippen LogP contribution in [-0.2, 0) is 9.53 Å². The molecule has 0 aliphatic carbocycles. The molecular weight excluding hydrogens is 185 g/mol. The van der Waals surface area contributed by atoms with Crippen molar-refractivity contribution in [2.45, 2.75) is 26.4 Å². The molecule has 0 fully saturated rings. The Labute approximate surface area is 75.1 Å². The second-order valence-corrected chi connectivity index (χ2v) is 3.04. The quantitative estimate of drug-likeness (QED) is 0.633. The van der Waals surface area contributed by atoms with E-state index in [1.54, 1.807) is 13.8 Å².